The van der Waals surface area contributed by atoms with Crippen molar-refractivity contribution in [2.24, 2.45) is 4.99 Å². The maximum absolute atomic E-state index is 5.57. The van der Waals surface area contributed by atoms with Gasteiger partial charge in [0, 0.05) is 11.1 Å². The summed E-state index contributed by atoms with van der Waals surface area (Å²) in [6.45, 7) is 2.74. The lowest BCUT2D eigenvalue weighted by molar-refractivity contribution is 0.367. The average molecular weight is 345 g/mol. The van der Waals surface area contributed by atoms with E-state index in [4.69, 9.17) is 14.5 Å². The molecule has 2 aromatic heterocycles. The second-order valence-electron chi connectivity index (χ2n) is 7.26. The molecule has 0 spiro atoms. The first-order valence-corrected chi connectivity index (χ1v) is 8.85. The first-order valence-electron chi connectivity index (χ1n) is 8.85. The van der Waals surface area contributed by atoms with Gasteiger partial charge in [0.05, 0.1) is 35.7 Å². The van der Waals surface area contributed by atoms with Gasteiger partial charge in [0.1, 0.15) is 12.7 Å². The molecule has 1 atom stereocenters. The molecule has 26 heavy (non-hydrogen) atoms. The number of fused-ring (bicyclic) bond motifs is 5. The molecule has 7 heteroatoms. The van der Waals surface area contributed by atoms with E-state index in [0.29, 0.717) is 22.9 Å². The fourth-order valence-corrected chi connectivity index (χ4v) is 3.86. The molecule has 1 saturated carbocycles. The largest absolute Gasteiger partial charge is 0.377 e. The third kappa shape index (κ3) is 1.80. The van der Waals surface area contributed by atoms with Crippen LogP contribution in [0.2, 0.25) is 0 Å². The second-order valence-corrected chi connectivity index (χ2v) is 7.26. The molecule has 3 aromatic rings. The van der Waals surface area contributed by atoms with Crippen molar-refractivity contribution in [1.82, 2.24) is 24.2 Å². The molecule has 7 nitrogen and oxygen atoms in total. The molecule has 0 amide bonds. The molecule has 0 N–H and O–H groups in total. The Morgan fingerprint density at radius 2 is 2.19 bits per heavy atom. The number of nitrogens with zero attached hydrogens (tertiary/aromatic N) is 6. The van der Waals surface area contributed by atoms with Gasteiger partial charge in [-0.05, 0) is 37.5 Å². The fraction of sp³-hybridized carbons (Fsp3) is 0.263. The molecule has 0 saturated heterocycles. The van der Waals surface area contributed by atoms with Crippen molar-refractivity contribution in [2.75, 3.05) is 0 Å². The highest BCUT2D eigenvalue weighted by atomic mass is 16.5. The van der Waals surface area contributed by atoms with E-state index in [0.717, 1.165) is 41.5 Å². The van der Waals surface area contributed by atoms with Gasteiger partial charge < -0.3 is 4.52 Å². The summed E-state index contributed by atoms with van der Waals surface area (Å²) in [7, 11) is 0. The van der Waals surface area contributed by atoms with Crippen LogP contribution in [0.5, 0.6) is 0 Å². The number of rotatable bonds is 2. The number of aryl methyl sites for hydroxylation is 1. The van der Waals surface area contributed by atoms with Crippen LogP contribution in [0.15, 0.2) is 52.6 Å². The summed E-state index contributed by atoms with van der Waals surface area (Å²) >= 11 is 0. The smallest absolute Gasteiger partial charge is 0.334 e. The number of quaternary nitrogens is 1. The van der Waals surface area contributed by atoms with Crippen molar-refractivity contribution in [3.8, 4) is 5.69 Å². The third-order valence-electron chi connectivity index (χ3n) is 5.39. The first kappa shape index (κ1) is 14.1. The summed E-state index contributed by atoms with van der Waals surface area (Å²) in [5.41, 5.74) is 4.44. The van der Waals surface area contributed by atoms with E-state index in [2.05, 4.69) is 39.8 Å². The van der Waals surface area contributed by atoms with Crippen molar-refractivity contribution in [3.05, 3.63) is 65.8 Å². The lowest BCUT2D eigenvalue weighted by Gasteiger charge is -2.25. The molecule has 1 unspecified atom stereocenters. The maximum Gasteiger partial charge on any atom is 0.377 e. The SMILES string of the molecule is Cc1ccc2c(c1)-n1cncc1C[N+]1(c3noc(C4CC4)n3)C=CN=C21. The van der Waals surface area contributed by atoms with E-state index in [9.17, 15) is 0 Å². The van der Waals surface area contributed by atoms with Crippen molar-refractivity contribution in [3.63, 3.8) is 0 Å². The number of aliphatic imine (C=N–C) groups is 1. The van der Waals surface area contributed by atoms with Crippen LogP contribution in [-0.4, -0.2) is 25.5 Å². The van der Waals surface area contributed by atoms with Gasteiger partial charge in [-0.2, -0.15) is 9.48 Å². The predicted octanol–water partition coefficient (Wildman–Crippen LogP) is 3.19. The van der Waals surface area contributed by atoms with E-state index in [1.165, 1.54) is 5.56 Å². The molecule has 1 aliphatic carbocycles. The van der Waals surface area contributed by atoms with Gasteiger partial charge in [0.25, 0.3) is 0 Å². The van der Waals surface area contributed by atoms with Crippen molar-refractivity contribution in [2.45, 2.75) is 32.2 Å². The predicted molar refractivity (Wildman–Crippen MR) is 95.7 cm³/mol. The van der Waals surface area contributed by atoms with Gasteiger partial charge in [0.2, 0.25) is 11.7 Å². The Kier molecular flexibility index (Phi) is 2.59. The van der Waals surface area contributed by atoms with Gasteiger partial charge >= 0.3 is 5.95 Å². The highest BCUT2D eigenvalue weighted by Crippen LogP contribution is 2.42. The molecule has 2 aliphatic heterocycles. The summed E-state index contributed by atoms with van der Waals surface area (Å²) in [6, 6.07) is 6.41. The minimum Gasteiger partial charge on any atom is -0.334 e. The van der Waals surface area contributed by atoms with Gasteiger partial charge in [-0.15, -0.1) is 4.98 Å². The Balaban J connectivity index is 1.61. The van der Waals surface area contributed by atoms with Crippen molar-refractivity contribution < 1.29 is 4.52 Å². The highest BCUT2D eigenvalue weighted by Gasteiger charge is 2.48. The standard InChI is InChI=1S/C19H17N6O/c1-12-2-5-15-16(8-12)24-11-20-9-14(24)10-25(7-6-21-17(15)25)19-22-18(26-23-19)13-3-4-13/h2,5-9,11,13H,3-4,10H2,1H3/q+1. The van der Waals surface area contributed by atoms with Gasteiger partial charge in [-0.1, -0.05) is 6.07 Å². The molecule has 1 fully saturated rings. The van der Waals surface area contributed by atoms with Crippen LogP contribution in [-0.2, 0) is 6.54 Å². The summed E-state index contributed by atoms with van der Waals surface area (Å²) in [4.78, 5) is 13.9. The Labute approximate surface area is 149 Å². The lowest BCUT2D eigenvalue weighted by Crippen LogP contribution is -2.47. The molecule has 3 aliphatic rings. The minimum atomic E-state index is 0.331. The van der Waals surface area contributed by atoms with Crippen molar-refractivity contribution >= 4 is 11.8 Å². The summed E-state index contributed by atoms with van der Waals surface area (Å²) in [5.74, 6) is 2.73. The van der Waals surface area contributed by atoms with Crippen molar-refractivity contribution in [1.29, 1.82) is 0 Å². The number of benzene rings is 1. The van der Waals surface area contributed by atoms with E-state index < -0.39 is 0 Å². The zero-order valence-electron chi connectivity index (χ0n) is 14.3. The van der Waals surface area contributed by atoms with Crippen LogP contribution in [0, 0.1) is 6.92 Å². The number of imidazole rings is 1. The second kappa shape index (κ2) is 4.76. The van der Waals surface area contributed by atoms with Crippen LogP contribution >= 0.6 is 0 Å². The van der Waals surface area contributed by atoms with E-state index in [-0.39, 0.29) is 0 Å². The average Bonchev–Trinajstić information content (AvgIpc) is 3.07. The van der Waals surface area contributed by atoms with E-state index >= 15 is 0 Å². The number of hydrogen-bond donors (Lipinski definition) is 0. The molecule has 128 valence electrons. The lowest BCUT2D eigenvalue weighted by atomic mass is 10.1. The Bertz CT molecular complexity index is 1100. The van der Waals surface area contributed by atoms with E-state index in [1.807, 2.05) is 24.9 Å². The topological polar surface area (TPSA) is 69.1 Å². The minimum absolute atomic E-state index is 0.331. The molecule has 1 aromatic carbocycles. The van der Waals surface area contributed by atoms with Crippen LogP contribution in [0.25, 0.3) is 5.69 Å². The molecular formula is C19H17N6O+. The quantitative estimate of drug-likeness (QED) is 0.669. The monoisotopic (exact) mass is 345 g/mol. The number of hydrogen-bond acceptors (Lipinski definition) is 5. The molecular weight excluding hydrogens is 328 g/mol. The molecule has 6 rings (SSSR count). The molecule has 0 bridgehead atoms. The van der Waals surface area contributed by atoms with Gasteiger partial charge in [0.15, 0.2) is 0 Å². The molecule has 0 radical (unpaired) electrons. The van der Waals surface area contributed by atoms with Crippen LogP contribution in [0.1, 0.15) is 41.5 Å². The third-order valence-corrected chi connectivity index (χ3v) is 5.39. The maximum atomic E-state index is 5.57. The van der Waals surface area contributed by atoms with Crippen LogP contribution in [0.4, 0.5) is 5.95 Å². The first-order chi connectivity index (χ1) is 12.7. The Morgan fingerprint density at radius 1 is 1.27 bits per heavy atom. The highest BCUT2D eigenvalue weighted by molar-refractivity contribution is 6.10. The van der Waals surface area contributed by atoms with Gasteiger partial charge in [-0.25, -0.2) is 4.98 Å². The zero-order chi connectivity index (χ0) is 17.3. The number of aromatic nitrogens is 4. The number of amidine groups is 1. The zero-order valence-corrected chi connectivity index (χ0v) is 14.3. The van der Waals surface area contributed by atoms with Crippen LogP contribution < -0.4 is 4.48 Å². The van der Waals surface area contributed by atoms with E-state index in [1.54, 1.807) is 0 Å². The summed E-state index contributed by atoms with van der Waals surface area (Å²) in [6.07, 6.45) is 9.92. The van der Waals surface area contributed by atoms with Gasteiger partial charge in [-0.3, -0.25) is 4.57 Å². The normalized spacial score (nSPS) is 23.2. The molecule has 4 heterocycles. The summed E-state index contributed by atoms with van der Waals surface area (Å²) in [5, 5.41) is 4.35. The van der Waals surface area contributed by atoms with Crippen LogP contribution in [0.3, 0.4) is 0 Å². The Morgan fingerprint density at radius 3 is 3.08 bits per heavy atom. The fourth-order valence-electron chi connectivity index (χ4n) is 3.86. The Hall–Kier alpha value is -3.06. The summed E-state index contributed by atoms with van der Waals surface area (Å²) < 4.78 is 8.04.